The van der Waals surface area contributed by atoms with Crippen molar-refractivity contribution in [2.45, 2.75) is 110 Å². The number of nitrogens with zero attached hydrogens (tertiary/aromatic N) is 5. The number of fused-ring (bicyclic) bond motifs is 9. The van der Waals surface area contributed by atoms with Crippen LogP contribution in [0.1, 0.15) is 128 Å². The summed E-state index contributed by atoms with van der Waals surface area (Å²) in [6, 6.07) is 74.2. The molecule has 8 aromatic carbocycles. The standard InChI is InChI=1S/C71H67N5O.Pt/c1-67(2,3)47-32-34-51(35-33-47)75-60-27-16-13-24-56(60)71(57-25-14-17-28-61(57)75)58-26-15-18-29-62(58)76(66-43-48(38-39-72-66)68(4,5)6)65-45-55(36-37-59(65)71)77-54-23-21-22-52(44-54)73-46-74(64-31-20-19-30-63(64)73)53-41-49(69(7,8)9)40-50(42-53)70(10,11)12;/h13-43H,1-12H3;/q-2;. The number of ether oxygens (including phenoxy) is 1. The Kier molecular flexibility index (Phi) is 12.2. The Balaban J connectivity index is 1.04. The van der Waals surface area contributed by atoms with E-state index in [-0.39, 0.29) is 21.7 Å². The third kappa shape index (κ3) is 8.50. The van der Waals surface area contributed by atoms with Crippen molar-refractivity contribution < 1.29 is 24.1 Å². The van der Waals surface area contributed by atoms with E-state index in [1.165, 1.54) is 33.4 Å². The van der Waals surface area contributed by atoms with Gasteiger partial charge in [0.15, 0.2) is 0 Å². The van der Waals surface area contributed by atoms with Crippen LogP contribution in [0, 0.1) is 15.9 Å². The SMILES string of the molecule is CC(C)(C)c1ccc(N2c3ccccc3C3(c4ccc(Oc5[c-]c(-n6[c](=[Pt])n(-c7cc(C(C)(C)C)cc(C(C)(C)C)c7)c7ccccc76)ccc5)[c-]c4N(c4cc(C(C)(C)C)ccn4)c4ccccc43)c3ccccc32)cc1. The van der Waals surface area contributed by atoms with Crippen LogP contribution in [-0.2, 0) is 46.4 Å². The van der Waals surface area contributed by atoms with Crippen molar-refractivity contribution in [2.24, 2.45) is 0 Å². The second-order valence-corrected chi connectivity index (χ2v) is 26.2. The topological polar surface area (TPSA) is 38.5 Å². The molecular weight excluding hydrogens is 1130 g/mol. The van der Waals surface area contributed by atoms with E-state index in [2.05, 4.69) is 309 Å². The molecule has 2 aliphatic heterocycles. The molecule has 1 spiro atoms. The first kappa shape index (κ1) is 51.2. The summed E-state index contributed by atoms with van der Waals surface area (Å²) in [6.07, 6.45) is 1.94. The van der Waals surface area contributed by atoms with Crippen molar-refractivity contribution in [1.82, 2.24) is 14.1 Å². The number of imidazole rings is 1. The van der Waals surface area contributed by atoms with E-state index in [0.29, 0.717) is 11.5 Å². The van der Waals surface area contributed by atoms with Crippen molar-refractivity contribution in [3.8, 4) is 22.9 Å². The van der Waals surface area contributed by atoms with Crippen molar-refractivity contribution in [1.29, 1.82) is 0 Å². The quantitative estimate of drug-likeness (QED) is 0.156. The van der Waals surface area contributed by atoms with Gasteiger partial charge in [-0.2, -0.15) is 0 Å². The molecule has 78 heavy (non-hydrogen) atoms. The van der Waals surface area contributed by atoms with E-state index in [9.17, 15) is 0 Å². The molecule has 0 saturated carbocycles. The third-order valence-electron chi connectivity index (χ3n) is 15.8. The molecular formula is C71H67N5OPt-2. The van der Waals surface area contributed by atoms with Gasteiger partial charge in [0, 0.05) is 23.3 Å². The van der Waals surface area contributed by atoms with Crippen LogP contribution in [0.5, 0.6) is 11.5 Å². The molecule has 0 bridgehead atoms. The molecule has 0 N–H and O–H groups in total. The molecule has 0 amide bonds. The van der Waals surface area contributed by atoms with Gasteiger partial charge in [-0.3, -0.25) is 0 Å². The van der Waals surface area contributed by atoms with E-state index < -0.39 is 5.41 Å². The van der Waals surface area contributed by atoms with Crippen LogP contribution in [-0.4, -0.2) is 14.1 Å². The Morgan fingerprint density at radius 1 is 0.423 bits per heavy atom. The maximum atomic E-state index is 7.04. The monoisotopic (exact) mass is 1200 g/mol. The third-order valence-corrected chi connectivity index (χ3v) is 16.8. The van der Waals surface area contributed by atoms with Gasteiger partial charge in [0.25, 0.3) is 0 Å². The number of para-hydroxylation sites is 5. The van der Waals surface area contributed by atoms with Crippen LogP contribution in [0.25, 0.3) is 22.4 Å². The normalized spacial score (nSPS) is 14.0. The molecule has 0 fully saturated rings. The van der Waals surface area contributed by atoms with Gasteiger partial charge >= 0.3 is 286 Å². The Morgan fingerprint density at radius 2 is 0.936 bits per heavy atom. The van der Waals surface area contributed by atoms with Gasteiger partial charge in [-0.1, -0.05) is 108 Å². The van der Waals surface area contributed by atoms with Crippen LogP contribution in [0.3, 0.4) is 0 Å². The molecule has 10 aromatic rings. The molecule has 12 rings (SSSR count). The first-order chi connectivity index (χ1) is 37.1. The zero-order chi connectivity index (χ0) is 54.7. The molecule has 7 heteroatoms. The van der Waals surface area contributed by atoms with E-state index in [0.717, 1.165) is 71.6 Å². The van der Waals surface area contributed by atoms with Crippen molar-refractivity contribution in [3.63, 3.8) is 0 Å². The number of benzene rings is 8. The summed E-state index contributed by atoms with van der Waals surface area (Å²) >= 11 is 2.49. The fourth-order valence-corrected chi connectivity index (χ4v) is 12.8. The number of hydrogen-bond donors (Lipinski definition) is 0. The minimum atomic E-state index is -0.762. The molecule has 394 valence electrons. The number of aromatic nitrogens is 3. The summed E-state index contributed by atoms with van der Waals surface area (Å²) < 4.78 is 12.7. The Bertz CT molecular complexity index is 3960. The Labute approximate surface area is 472 Å². The number of hydrogen-bond acceptors (Lipinski definition) is 4. The first-order valence-corrected chi connectivity index (χ1v) is 28.3. The molecule has 0 atom stereocenters. The first-order valence-electron chi connectivity index (χ1n) is 27.2. The van der Waals surface area contributed by atoms with E-state index in [1.807, 2.05) is 12.3 Å². The molecule has 2 aliphatic rings. The second-order valence-electron chi connectivity index (χ2n) is 25.2. The molecule has 0 radical (unpaired) electrons. The van der Waals surface area contributed by atoms with Crippen LogP contribution in [0.4, 0.5) is 34.3 Å². The summed E-state index contributed by atoms with van der Waals surface area (Å²) in [7, 11) is 0. The van der Waals surface area contributed by atoms with Gasteiger partial charge in [-0.15, -0.1) is 0 Å². The van der Waals surface area contributed by atoms with Gasteiger partial charge in [0.2, 0.25) is 0 Å². The summed E-state index contributed by atoms with van der Waals surface area (Å²) in [4.78, 5) is 9.91. The summed E-state index contributed by atoms with van der Waals surface area (Å²) in [5.74, 6) is 1.97. The smallest absolute Gasteiger partial charge is 0.0618 e. The number of rotatable bonds is 6. The number of anilines is 6. The van der Waals surface area contributed by atoms with Crippen LogP contribution < -0.4 is 14.5 Å². The van der Waals surface area contributed by atoms with Gasteiger partial charge in [-0.05, 0) is 52.3 Å². The zero-order valence-corrected chi connectivity index (χ0v) is 49.1. The summed E-state index contributed by atoms with van der Waals surface area (Å²) in [6.45, 7) is 27.3. The fraction of sp³-hybridized carbons (Fsp3) is 0.239. The molecule has 4 heterocycles. The van der Waals surface area contributed by atoms with Crippen molar-refractivity contribution in [2.75, 3.05) is 9.80 Å². The average Bonchev–Trinajstić information content (AvgIpc) is 2.30. The van der Waals surface area contributed by atoms with Gasteiger partial charge in [0.05, 0.1) is 0 Å². The summed E-state index contributed by atoms with van der Waals surface area (Å²) in [5, 5.41) is 0. The van der Waals surface area contributed by atoms with Gasteiger partial charge in [0.1, 0.15) is 0 Å². The van der Waals surface area contributed by atoms with E-state index in [1.54, 1.807) is 0 Å². The molecule has 2 aromatic heterocycles. The van der Waals surface area contributed by atoms with Crippen LogP contribution in [0.15, 0.2) is 188 Å². The molecule has 6 nitrogen and oxygen atoms in total. The van der Waals surface area contributed by atoms with Crippen LogP contribution in [0.2, 0.25) is 0 Å². The fourth-order valence-electron chi connectivity index (χ4n) is 11.7. The second kappa shape index (κ2) is 18.6. The van der Waals surface area contributed by atoms with Crippen molar-refractivity contribution >= 4 is 45.3 Å². The zero-order valence-electron chi connectivity index (χ0n) is 46.9. The van der Waals surface area contributed by atoms with E-state index >= 15 is 0 Å². The maximum absolute atomic E-state index is 7.04. The molecule has 0 unspecified atom stereocenters. The predicted octanol–water partition coefficient (Wildman–Crippen LogP) is 18.4. The Morgan fingerprint density at radius 3 is 1.50 bits per heavy atom. The van der Waals surface area contributed by atoms with Crippen LogP contribution >= 0.6 is 0 Å². The minimum absolute atomic E-state index is 0.0266. The molecule has 0 aliphatic carbocycles. The molecule has 0 saturated heterocycles. The summed E-state index contributed by atoms with van der Waals surface area (Å²) in [5.41, 5.74) is 18.3. The number of pyridine rings is 1. The van der Waals surface area contributed by atoms with E-state index in [4.69, 9.17) is 9.72 Å². The van der Waals surface area contributed by atoms with Crippen molar-refractivity contribution in [3.05, 3.63) is 249 Å². The Hall–Kier alpha value is -7.53. The average molecular weight is 1200 g/mol. The minimum Gasteiger partial charge on any atom is -0.0618 e. The van der Waals surface area contributed by atoms with Gasteiger partial charge in [-0.25, -0.2) is 0 Å². The van der Waals surface area contributed by atoms with Gasteiger partial charge < -0.3 is 4.90 Å². The predicted molar refractivity (Wildman–Crippen MR) is 317 cm³/mol.